The van der Waals surface area contributed by atoms with Crippen LogP contribution < -0.4 is 9.47 Å². The van der Waals surface area contributed by atoms with Gasteiger partial charge in [0.1, 0.15) is 17.3 Å². The van der Waals surface area contributed by atoms with Gasteiger partial charge in [0, 0.05) is 0 Å². The first-order chi connectivity index (χ1) is 20.1. The summed E-state index contributed by atoms with van der Waals surface area (Å²) in [6.45, 7) is 5.78. The van der Waals surface area contributed by atoms with Gasteiger partial charge in [-0.25, -0.2) is 12.8 Å². The van der Waals surface area contributed by atoms with Gasteiger partial charge in [-0.3, -0.25) is 0 Å². The first kappa shape index (κ1) is 36.3. The van der Waals surface area contributed by atoms with Crippen LogP contribution in [0.25, 0.3) is 0 Å². The minimum Gasteiger partial charge on any atom is -0.743 e. The molecular formula is C29H32F6O6S2. The predicted octanol–water partition coefficient (Wildman–Crippen LogP) is 7.33. The van der Waals surface area contributed by atoms with Gasteiger partial charge in [0.05, 0.1) is 24.1 Å². The van der Waals surface area contributed by atoms with Crippen LogP contribution in [0.2, 0.25) is 0 Å². The Kier molecular flexibility index (Phi) is 13.7. The normalized spacial score (nSPS) is 12.8. The van der Waals surface area contributed by atoms with Crippen molar-refractivity contribution in [1.82, 2.24) is 0 Å². The van der Waals surface area contributed by atoms with Crippen LogP contribution in [-0.2, 0) is 21.0 Å². The molecule has 3 aromatic rings. The molecule has 0 aliphatic carbocycles. The maximum absolute atomic E-state index is 13.5. The summed E-state index contributed by atoms with van der Waals surface area (Å²) in [5, 5.41) is 2.02. The van der Waals surface area contributed by atoms with E-state index in [0.717, 1.165) is 55.3 Å². The van der Waals surface area contributed by atoms with E-state index in [-0.39, 0.29) is 16.7 Å². The number of benzene rings is 3. The Hall–Kier alpha value is -2.94. The van der Waals surface area contributed by atoms with Crippen LogP contribution in [0.3, 0.4) is 0 Å². The molecule has 14 heteroatoms. The number of unbranched alkanes of at least 4 members (excludes halogenated alkanes) is 2. The van der Waals surface area contributed by atoms with Gasteiger partial charge in [-0.05, 0) is 85.6 Å². The average Bonchev–Trinajstić information content (AvgIpc) is 2.95. The highest BCUT2D eigenvalue weighted by atomic mass is 32.2. The van der Waals surface area contributed by atoms with Gasteiger partial charge in [-0.1, -0.05) is 26.7 Å². The molecule has 0 fully saturated rings. The van der Waals surface area contributed by atoms with Crippen LogP contribution in [0.1, 0.15) is 39.5 Å². The average molecular weight is 655 g/mol. The molecule has 0 heterocycles. The lowest BCUT2D eigenvalue weighted by atomic mass is 10.3. The molecule has 0 amide bonds. The van der Waals surface area contributed by atoms with E-state index in [1.165, 1.54) is 21.9 Å². The second kappa shape index (κ2) is 16.2. The summed E-state index contributed by atoms with van der Waals surface area (Å²) in [7, 11) is -6.87. The molecule has 0 bridgehead atoms. The maximum atomic E-state index is 13.5. The van der Waals surface area contributed by atoms with Crippen LogP contribution in [-0.4, -0.2) is 48.8 Å². The number of hydrogen-bond acceptors (Lipinski definition) is 6. The fourth-order valence-electron chi connectivity index (χ4n) is 3.32. The smallest absolute Gasteiger partial charge is 0.421 e. The van der Waals surface area contributed by atoms with Crippen molar-refractivity contribution in [1.29, 1.82) is 0 Å². The van der Waals surface area contributed by atoms with Gasteiger partial charge in [0.15, 0.2) is 24.8 Å². The van der Waals surface area contributed by atoms with Crippen molar-refractivity contribution in [3.05, 3.63) is 78.6 Å². The number of aliphatic hydroxyl groups is 1. The van der Waals surface area contributed by atoms with E-state index in [2.05, 4.69) is 38.1 Å². The lowest BCUT2D eigenvalue weighted by molar-refractivity contribution is -0.248. The number of halogens is 6. The van der Waals surface area contributed by atoms with E-state index in [0.29, 0.717) is 0 Å². The summed E-state index contributed by atoms with van der Waals surface area (Å²) < 4.78 is 112. The zero-order valence-electron chi connectivity index (χ0n) is 23.3. The first-order valence-electron chi connectivity index (χ1n) is 13.1. The summed E-state index contributed by atoms with van der Waals surface area (Å²) in [5.74, 6) is 1.55. The molecule has 3 aromatic carbocycles. The van der Waals surface area contributed by atoms with E-state index < -0.39 is 27.7 Å². The van der Waals surface area contributed by atoms with Gasteiger partial charge in [-0.2, -0.15) is 22.0 Å². The van der Waals surface area contributed by atoms with E-state index >= 15 is 0 Å². The van der Waals surface area contributed by atoms with Gasteiger partial charge in [0.25, 0.3) is 0 Å². The Labute approximate surface area is 249 Å². The van der Waals surface area contributed by atoms with E-state index in [4.69, 9.17) is 14.6 Å². The number of rotatable bonds is 13. The summed E-state index contributed by atoms with van der Waals surface area (Å²) in [6, 6.07) is 23.3. The number of ether oxygens (including phenoxy) is 2. The number of aliphatic hydroxyl groups excluding tert-OH is 1. The molecule has 6 nitrogen and oxygen atoms in total. The topological polar surface area (TPSA) is 95.9 Å². The van der Waals surface area contributed by atoms with Crippen molar-refractivity contribution >= 4 is 21.0 Å². The van der Waals surface area contributed by atoms with Gasteiger partial charge in [0.2, 0.25) is 6.10 Å². The first-order valence-corrected chi connectivity index (χ1v) is 15.8. The van der Waals surface area contributed by atoms with Crippen LogP contribution in [0.5, 0.6) is 11.5 Å². The maximum Gasteiger partial charge on any atom is 0.421 e. The minimum absolute atomic E-state index is 0.221. The monoisotopic (exact) mass is 654 g/mol. The van der Waals surface area contributed by atoms with Gasteiger partial charge in [-0.15, -0.1) is 0 Å². The Bertz CT molecular complexity index is 1300. The largest absolute Gasteiger partial charge is 0.743 e. The van der Waals surface area contributed by atoms with Crippen molar-refractivity contribution < 1.29 is 53.9 Å². The highest BCUT2D eigenvalue weighted by molar-refractivity contribution is 7.97. The summed E-state index contributed by atoms with van der Waals surface area (Å²) >= 11 is 0. The Balaban J connectivity index is 0.000000420. The van der Waals surface area contributed by atoms with Crippen molar-refractivity contribution in [2.45, 2.75) is 71.8 Å². The summed E-state index contributed by atoms with van der Waals surface area (Å²) in [5.41, 5.74) is 0. The predicted molar refractivity (Wildman–Crippen MR) is 149 cm³/mol. The van der Waals surface area contributed by atoms with Crippen LogP contribution in [0, 0.1) is 5.82 Å². The third-order valence-electron chi connectivity index (χ3n) is 5.66. The van der Waals surface area contributed by atoms with Crippen LogP contribution in [0.4, 0.5) is 26.3 Å². The molecule has 0 spiro atoms. The Morgan fingerprint density at radius 2 is 1.09 bits per heavy atom. The van der Waals surface area contributed by atoms with Crippen LogP contribution in [0.15, 0.2) is 87.5 Å². The molecule has 0 radical (unpaired) electrons. The molecule has 1 unspecified atom stereocenters. The molecule has 0 aromatic heterocycles. The van der Waals surface area contributed by atoms with Gasteiger partial charge < -0.3 is 19.1 Å². The van der Waals surface area contributed by atoms with Gasteiger partial charge >= 0.3 is 11.4 Å². The van der Waals surface area contributed by atoms with Crippen molar-refractivity contribution in [2.75, 3.05) is 13.2 Å². The summed E-state index contributed by atoms with van der Waals surface area (Å²) in [4.78, 5) is 3.42. The molecule has 0 aliphatic heterocycles. The van der Waals surface area contributed by atoms with E-state index in [1.807, 2.05) is 36.4 Å². The quantitative estimate of drug-likeness (QED) is 0.0898. The van der Waals surface area contributed by atoms with Crippen molar-refractivity contribution in [3.8, 4) is 11.5 Å². The molecule has 238 valence electrons. The molecule has 1 atom stereocenters. The molecule has 1 N–H and O–H groups in total. The zero-order chi connectivity index (χ0) is 32.3. The molecule has 3 rings (SSSR count). The van der Waals surface area contributed by atoms with Crippen molar-refractivity contribution in [3.63, 3.8) is 0 Å². The third-order valence-corrected chi connectivity index (χ3v) is 8.78. The number of alkyl halides is 5. The Morgan fingerprint density at radius 1 is 0.744 bits per heavy atom. The molecule has 43 heavy (non-hydrogen) atoms. The standard InChI is InChI=1S/C26H30FO2S.C3H3F5O4S/c1-3-5-19-28-22-9-15-25(16-10-22)30(24-13-7-21(27)8-14-24)26-17-11-23(12-18-26)29-20-6-4-2;4-2(5,6)1(9)3(7,8)13(10,11)12/h7-18H,3-6,19-20H2,1-2H3;1,9H,(H,10,11,12)/q+1;/p-1. The zero-order valence-corrected chi connectivity index (χ0v) is 25.0. The molecule has 0 saturated heterocycles. The molecular weight excluding hydrogens is 622 g/mol. The molecule has 0 aliphatic rings. The van der Waals surface area contributed by atoms with E-state index in [9.17, 15) is 39.3 Å². The highest BCUT2D eigenvalue weighted by Gasteiger charge is 2.59. The second-order valence-electron chi connectivity index (χ2n) is 9.07. The van der Waals surface area contributed by atoms with Crippen LogP contribution >= 0.6 is 0 Å². The second-order valence-corrected chi connectivity index (χ2v) is 12.5. The fraction of sp³-hybridized carbons (Fsp3) is 0.379. The lowest BCUT2D eigenvalue weighted by Gasteiger charge is -2.26. The SMILES string of the molecule is CCCCOc1ccc([S+](c2ccc(F)cc2)c2ccc(OCCCC)cc2)cc1.O=S(=O)([O-])C(F)(F)C(O)C(F)(F)F. The highest BCUT2D eigenvalue weighted by Crippen LogP contribution is 2.35. The Morgan fingerprint density at radius 3 is 1.37 bits per heavy atom. The lowest BCUT2D eigenvalue weighted by Crippen LogP contribution is -2.49. The van der Waals surface area contributed by atoms with E-state index in [1.54, 1.807) is 0 Å². The summed E-state index contributed by atoms with van der Waals surface area (Å²) in [6.07, 6.45) is -6.05. The molecule has 0 saturated carbocycles. The minimum atomic E-state index is -6.54. The number of hydrogen-bond donors (Lipinski definition) is 1. The third kappa shape index (κ3) is 10.9. The fourth-order valence-corrected chi connectivity index (χ4v) is 5.77. The van der Waals surface area contributed by atoms with Crippen molar-refractivity contribution in [2.24, 2.45) is 0 Å².